The lowest BCUT2D eigenvalue weighted by Gasteiger charge is -2.19. The summed E-state index contributed by atoms with van der Waals surface area (Å²) in [6, 6.07) is 10.7. The average molecular weight is 328 g/mol. The first-order chi connectivity index (χ1) is 11.2. The van der Waals surface area contributed by atoms with Gasteiger partial charge in [-0.05, 0) is 57.5 Å². The zero-order valence-electron chi connectivity index (χ0n) is 14.6. The van der Waals surface area contributed by atoms with Crippen molar-refractivity contribution in [2.45, 2.75) is 46.4 Å². The van der Waals surface area contributed by atoms with Crippen LogP contribution in [0.15, 0.2) is 36.4 Å². The van der Waals surface area contributed by atoms with E-state index in [4.69, 9.17) is 4.74 Å². The molecule has 0 bridgehead atoms. The summed E-state index contributed by atoms with van der Waals surface area (Å²) >= 11 is 0. The van der Waals surface area contributed by atoms with E-state index in [1.54, 1.807) is 24.3 Å². The van der Waals surface area contributed by atoms with E-state index in [2.05, 4.69) is 10.3 Å². The van der Waals surface area contributed by atoms with Crippen LogP contribution in [0.5, 0.6) is 5.75 Å². The molecule has 0 unspecified atom stereocenters. The topological polar surface area (TPSA) is 71.5 Å². The number of aromatic nitrogens is 1. The maximum atomic E-state index is 12.0. The van der Waals surface area contributed by atoms with Crippen LogP contribution < -0.4 is 5.32 Å². The summed E-state index contributed by atoms with van der Waals surface area (Å²) in [5.74, 6) is -0.135. The lowest BCUT2D eigenvalue weighted by molar-refractivity contribution is 0.00695. The normalized spacial score (nSPS) is 11.3. The Morgan fingerprint density at radius 2 is 1.79 bits per heavy atom. The average Bonchev–Trinajstić information content (AvgIpc) is 2.49. The fourth-order valence-corrected chi connectivity index (χ4v) is 2.15. The van der Waals surface area contributed by atoms with Gasteiger partial charge in [-0.25, -0.2) is 4.79 Å². The summed E-state index contributed by atoms with van der Waals surface area (Å²) in [7, 11) is 0. The number of benzene rings is 1. The van der Waals surface area contributed by atoms with E-state index in [0.29, 0.717) is 24.3 Å². The van der Waals surface area contributed by atoms with Crippen LogP contribution in [0.3, 0.4) is 0 Å². The molecular weight excluding hydrogens is 304 g/mol. The maximum Gasteiger partial charge on any atom is 0.338 e. The zero-order chi connectivity index (χ0) is 17.7. The molecule has 2 rings (SSSR count). The van der Waals surface area contributed by atoms with E-state index >= 15 is 0 Å². The molecule has 2 aromatic rings. The monoisotopic (exact) mass is 328 g/mol. The van der Waals surface area contributed by atoms with Gasteiger partial charge in [0.1, 0.15) is 11.4 Å². The predicted octanol–water partition coefficient (Wildman–Crippen LogP) is 3.34. The van der Waals surface area contributed by atoms with Crippen LogP contribution in [-0.2, 0) is 17.8 Å². The highest BCUT2D eigenvalue weighted by atomic mass is 16.6. The van der Waals surface area contributed by atoms with Crippen LogP contribution in [0.25, 0.3) is 0 Å². The number of carbonyl (C=O) groups is 1. The Morgan fingerprint density at radius 3 is 2.42 bits per heavy atom. The van der Waals surface area contributed by atoms with Gasteiger partial charge in [-0.15, -0.1) is 0 Å². The van der Waals surface area contributed by atoms with Gasteiger partial charge < -0.3 is 15.2 Å². The number of esters is 1. The molecule has 0 spiro atoms. The van der Waals surface area contributed by atoms with Crippen molar-refractivity contribution in [2.75, 3.05) is 0 Å². The van der Waals surface area contributed by atoms with Crippen LogP contribution in [0.2, 0.25) is 0 Å². The molecule has 0 amide bonds. The molecule has 0 saturated carbocycles. The third-order valence-corrected chi connectivity index (χ3v) is 3.30. The van der Waals surface area contributed by atoms with Crippen molar-refractivity contribution in [3.8, 4) is 5.75 Å². The van der Waals surface area contributed by atoms with Crippen molar-refractivity contribution in [1.29, 1.82) is 0 Å². The van der Waals surface area contributed by atoms with E-state index in [-0.39, 0.29) is 11.7 Å². The molecule has 24 heavy (non-hydrogen) atoms. The van der Waals surface area contributed by atoms with Crippen LogP contribution in [0.4, 0.5) is 0 Å². The Bertz CT molecular complexity index is 704. The molecule has 0 atom stereocenters. The van der Waals surface area contributed by atoms with E-state index in [1.807, 2.05) is 39.8 Å². The Morgan fingerprint density at radius 1 is 1.12 bits per heavy atom. The number of aromatic hydroxyl groups is 1. The standard InChI is InChI=1S/C19H24N2O3/c1-13-5-10-17(22)16(21-13)12-20-11-14-6-8-15(9-7-14)18(23)24-19(2,3)4/h5-10,20,22H,11-12H2,1-4H3. The van der Waals surface area contributed by atoms with E-state index < -0.39 is 5.60 Å². The van der Waals surface area contributed by atoms with E-state index in [0.717, 1.165) is 11.3 Å². The van der Waals surface area contributed by atoms with Gasteiger partial charge in [0.2, 0.25) is 0 Å². The second-order valence-corrected chi connectivity index (χ2v) is 6.72. The third-order valence-electron chi connectivity index (χ3n) is 3.30. The fourth-order valence-electron chi connectivity index (χ4n) is 2.15. The second-order valence-electron chi connectivity index (χ2n) is 6.72. The van der Waals surface area contributed by atoms with Crippen LogP contribution >= 0.6 is 0 Å². The maximum absolute atomic E-state index is 12.0. The zero-order valence-corrected chi connectivity index (χ0v) is 14.6. The molecule has 0 fully saturated rings. The summed E-state index contributed by atoms with van der Waals surface area (Å²) in [4.78, 5) is 16.3. The second kappa shape index (κ2) is 7.45. The smallest absolute Gasteiger partial charge is 0.338 e. The molecule has 5 nitrogen and oxygen atoms in total. The molecular formula is C19H24N2O3. The van der Waals surface area contributed by atoms with Gasteiger partial charge in [-0.1, -0.05) is 12.1 Å². The van der Waals surface area contributed by atoms with Gasteiger partial charge in [0.05, 0.1) is 11.3 Å². The third kappa shape index (κ3) is 5.35. The van der Waals surface area contributed by atoms with Crippen molar-refractivity contribution in [1.82, 2.24) is 10.3 Å². The highest BCUT2D eigenvalue weighted by Gasteiger charge is 2.17. The number of ether oxygens (including phenoxy) is 1. The Labute approximate surface area is 142 Å². The number of aryl methyl sites for hydroxylation is 1. The Balaban J connectivity index is 1.90. The largest absolute Gasteiger partial charge is 0.506 e. The molecule has 0 aliphatic rings. The van der Waals surface area contributed by atoms with Gasteiger partial charge in [0.15, 0.2) is 0 Å². The first kappa shape index (κ1) is 17.9. The van der Waals surface area contributed by atoms with E-state index in [9.17, 15) is 9.90 Å². The highest BCUT2D eigenvalue weighted by Crippen LogP contribution is 2.15. The quantitative estimate of drug-likeness (QED) is 0.824. The summed E-state index contributed by atoms with van der Waals surface area (Å²) in [6.45, 7) is 8.51. The molecule has 0 saturated heterocycles. The minimum absolute atomic E-state index is 0.188. The lowest BCUT2D eigenvalue weighted by atomic mass is 10.1. The van der Waals surface area contributed by atoms with Crippen molar-refractivity contribution in [3.05, 3.63) is 58.9 Å². The van der Waals surface area contributed by atoms with Gasteiger partial charge in [0.25, 0.3) is 0 Å². The summed E-state index contributed by atoms with van der Waals surface area (Å²) in [5, 5.41) is 13.0. The van der Waals surface area contributed by atoms with E-state index in [1.165, 1.54) is 0 Å². The van der Waals surface area contributed by atoms with Crippen molar-refractivity contribution < 1.29 is 14.6 Å². The van der Waals surface area contributed by atoms with Crippen molar-refractivity contribution in [3.63, 3.8) is 0 Å². The Hall–Kier alpha value is -2.40. The first-order valence-corrected chi connectivity index (χ1v) is 7.93. The number of nitrogens with zero attached hydrogens (tertiary/aromatic N) is 1. The van der Waals surface area contributed by atoms with Gasteiger partial charge in [0, 0.05) is 18.8 Å². The summed E-state index contributed by atoms with van der Waals surface area (Å²) < 4.78 is 5.34. The summed E-state index contributed by atoms with van der Waals surface area (Å²) in [5.41, 5.74) is 2.56. The molecule has 5 heteroatoms. The number of rotatable bonds is 5. The minimum atomic E-state index is -0.500. The highest BCUT2D eigenvalue weighted by molar-refractivity contribution is 5.89. The van der Waals surface area contributed by atoms with Crippen molar-refractivity contribution >= 4 is 5.97 Å². The molecule has 128 valence electrons. The lowest BCUT2D eigenvalue weighted by Crippen LogP contribution is -2.23. The van der Waals surface area contributed by atoms with Gasteiger partial charge in [-0.3, -0.25) is 4.98 Å². The number of pyridine rings is 1. The number of hydrogen-bond donors (Lipinski definition) is 2. The van der Waals surface area contributed by atoms with Gasteiger partial charge >= 0.3 is 5.97 Å². The number of nitrogens with one attached hydrogen (secondary N) is 1. The molecule has 2 N–H and O–H groups in total. The predicted molar refractivity (Wildman–Crippen MR) is 92.8 cm³/mol. The number of carbonyl (C=O) groups excluding carboxylic acids is 1. The molecule has 1 heterocycles. The fraction of sp³-hybridized carbons (Fsp3) is 0.368. The molecule has 1 aromatic carbocycles. The van der Waals surface area contributed by atoms with Crippen molar-refractivity contribution in [2.24, 2.45) is 0 Å². The van der Waals surface area contributed by atoms with Gasteiger partial charge in [-0.2, -0.15) is 0 Å². The molecule has 0 aliphatic carbocycles. The Kier molecular flexibility index (Phi) is 5.57. The van der Waals surface area contributed by atoms with Crippen LogP contribution in [-0.4, -0.2) is 21.7 Å². The molecule has 1 aromatic heterocycles. The van der Waals surface area contributed by atoms with Crippen LogP contribution in [0.1, 0.15) is 48.1 Å². The first-order valence-electron chi connectivity index (χ1n) is 7.93. The van der Waals surface area contributed by atoms with Crippen LogP contribution in [0, 0.1) is 6.92 Å². The number of hydrogen-bond acceptors (Lipinski definition) is 5. The molecule has 0 radical (unpaired) electrons. The minimum Gasteiger partial charge on any atom is -0.506 e. The summed E-state index contributed by atoms with van der Waals surface area (Å²) in [6.07, 6.45) is 0. The molecule has 0 aliphatic heterocycles. The SMILES string of the molecule is Cc1ccc(O)c(CNCc2ccc(C(=O)OC(C)(C)C)cc2)n1.